The topological polar surface area (TPSA) is 45.1 Å². The number of aliphatic hydroxyl groups excluding tert-OH is 1. The van der Waals surface area contributed by atoms with Crippen LogP contribution in [0.15, 0.2) is 24.4 Å². The van der Waals surface area contributed by atoms with E-state index in [1.54, 1.807) is 6.20 Å². The van der Waals surface area contributed by atoms with Gasteiger partial charge in [0.15, 0.2) is 0 Å². The molecule has 0 spiro atoms. The van der Waals surface area contributed by atoms with Crippen LogP contribution in [-0.2, 0) is 6.54 Å². The number of aromatic nitrogens is 1. The first kappa shape index (κ1) is 10.2. The molecule has 1 rings (SSSR count). The average Bonchev–Trinajstić information content (AvgIpc) is 2.19. The van der Waals surface area contributed by atoms with E-state index < -0.39 is 0 Å². The van der Waals surface area contributed by atoms with Gasteiger partial charge in [0.2, 0.25) is 0 Å². The minimum absolute atomic E-state index is 0.283. The Morgan fingerprint density at radius 1 is 1.31 bits per heavy atom. The summed E-state index contributed by atoms with van der Waals surface area (Å²) in [6, 6.07) is 5.89. The van der Waals surface area contributed by atoms with Crippen molar-refractivity contribution in [3.05, 3.63) is 30.1 Å². The van der Waals surface area contributed by atoms with E-state index in [0.717, 1.165) is 31.6 Å². The smallest absolute Gasteiger partial charge is 0.0541 e. The zero-order chi connectivity index (χ0) is 9.36. The molecule has 0 saturated carbocycles. The van der Waals surface area contributed by atoms with Crippen LogP contribution in [0.3, 0.4) is 0 Å². The molecule has 0 unspecified atom stereocenters. The monoisotopic (exact) mass is 180 g/mol. The first-order chi connectivity index (χ1) is 6.43. The molecule has 0 bridgehead atoms. The van der Waals surface area contributed by atoms with Crippen molar-refractivity contribution < 1.29 is 5.11 Å². The van der Waals surface area contributed by atoms with E-state index in [4.69, 9.17) is 5.11 Å². The van der Waals surface area contributed by atoms with Crippen LogP contribution in [0.4, 0.5) is 0 Å². The Balaban J connectivity index is 2.07. The summed E-state index contributed by atoms with van der Waals surface area (Å²) in [5.41, 5.74) is 1.06. The van der Waals surface area contributed by atoms with Gasteiger partial charge in [-0.15, -0.1) is 0 Å². The van der Waals surface area contributed by atoms with E-state index in [1.807, 2.05) is 18.2 Å². The van der Waals surface area contributed by atoms with E-state index in [1.165, 1.54) is 0 Å². The molecule has 0 aliphatic carbocycles. The molecular weight excluding hydrogens is 164 g/mol. The number of hydrogen-bond donors (Lipinski definition) is 2. The van der Waals surface area contributed by atoms with Gasteiger partial charge in [-0.1, -0.05) is 6.07 Å². The van der Waals surface area contributed by atoms with Gasteiger partial charge in [0.05, 0.1) is 5.69 Å². The van der Waals surface area contributed by atoms with Crippen molar-refractivity contribution in [1.29, 1.82) is 0 Å². The standard InChI is InChI=1S/C10H16N2O/c13-8-4-3-6-11-9-10-5-1-2-7-12-10/h1-2,5,7,11,13H,3-4,6,8-9H2. The highest BCUT2D eigenvalue weighted by atomic mass is 16.2. The van der Waals surface area contributed by atoms with Crippen molar-refractivity contribution in [2.24, 2.45) is 0 Å². The molecule has 3 heteroatoms. The van der Waals surface area contributed by atoms with E-state index >= 15 is 0 Å². The molecule has 13 heavy (non-hydrogen) atoms. The number of pyridine rings is 1. The average molecular weight is 180 g/mol. The van der Waals surface area contributed by atoms with Crippen LogP contribution in [0.1, 0.15) is 18.5 Å². The number of rotatable bonds is 6. The molecule has 0 aliphatic rings. The van der Waals surface area contributed by atoms with Crippen LogP contribution in [0.25, 0.3) is 0 Å². The third kappa shape index (κ3) is 4.60. The molecule has 0 saturated heterocycles. The maximum Gasteiger partial charge on any atom is 0.0541 e. The summed E-state index contributed by atoms with van der Waals surface area (Å²) in [6.07, 6.45) is 3.68. The minimum Gasteiger partial charge on any atom is -0.396 e. The van der Waals surface area contributed by atoms with Crippen molar-refractivity contribution in [3.63, 3.8) is 0 Å². The predicted molar refractivity (Wildman–Crippen MR) is 52.3 cm³/mol. The molecule has 0 atom stereocenters. The van der Waals surface area contributed by atoms with Crippen LogP contribution < -0.4 is 5.32 Å². The Morgan fingerprint density at radius 3 is 2.92 bits per heavy atom. The molecule has 1 heterocycles. The second kappa shape index (κ2) is 6.57. The maximum atomic E-state index is 8.54. The maximum absolute atomic E-state index is 8.54. The lowest BCUT2D eigenvalue weighted by Crippen LogP contribution is -2.15. The summed E-state index contributed by atoms with van der Waals surface area (Å²) in [4.78, 5) is 4.18. The van der Waals surface area contributed by atoms with Gasteiger partial charge >= 0.3 is 0 Å². The van der Waals surface area contributed by atoms with Crippen LogP contribution in [0.2, 0.25) is 0 Å². The molecule has 0 aromatic carbocycles. The van der Waals surface area contributed by atoms with Gasteiger partial charge in [-0.2, -0.15) is 0 Å². The van der Waals surface area contributed by atoms with Gasteiger partial charge in [-0.25, -0.2) is 0 Å². The summed E-state index contributed by atoms with van der Waals surface area (Å²) in [5, 5.41) is 11.8. The molecule has 0 amide bonds. The zero-order valence-corrected chi connectivity index (χ0v) is 7.74. The lowest BCUT2D eigenvalue weighted by Gasteiger charge is -2.02. The molecule has 1 aromatic heterocycles. The molecule has 0 fully saturated rings. The molecular formula is C10H16N2O. The summed E-state index contributed by atoms with van der Waals surface area (Å²) < 4.78 is 0. The summed E-state index contributed by atoms with van der Waals surface area (Å²) in [7, 11) is 0. The first-order valence-electron chi connectivity index (χ1n) is 4.65. The summed E-state index contributed by atoms with van der Waals surface area (Å²) in [5.74, 6) is 0. The van der Waals surface area contributed by atoms with Gasteiger partial charge in [0, 0.05) is 19.3 Å². The van der Waals surface area contributed by atoms with E-state index in [2.05, 4.69) is 10.3 Å². The first-order valence-corrected chi connectivity index (χ1v) is 4.65. The Labute approximate surface area is 78.8 Å². The SMILES string of the molecule is OCCCCNCc1ccccn1. The van der Waals surface area contributed by atoms with Crippen LogP contribution in [-0.4, -0.2) is 23.2 Å². The Hall–Kier alpha value is -0.930. The number of aliphatic hydroxyl groups is 1. The number of hydrogen-bond acceptors (Lipinski definition) is 3. The van der Waals surface area contributed by atoms with Crippen LogP contribution in [0, 0.1) is 0 Å². The van der Waals surface area contributed by atoms with Crippen molar-refractivity contribution in [1.82, 2.24) is 10.3 Å². The second-order valence-corrected chi connectivity index (χ2v) is 2.93. The van der Waals surface area contributed by atoms with Gasteiger partial charge in [0.25, 0.3) is 0 Å². The van der Waals surface area contributed by atoms with E-state index in [0.29, 0.717) is 0 Å². The predicted octanol–water partition coefficient (Wildman–Crippen LogP) is 0.944. The highest BCUT2D eigenvalue weighted by Gasteiger charge is 1.91. The third-order valence-electron chi connectivity index (χ3n) is 1.79. The van der Waals surface area contributed by atoms with Crippen molar-refractivity contribution in [2.75, 3.05) is 13.2 Å². The molecule has 2 N–H and O–H groups in total. The molecule has 72 valence electrons. The molecule has 3 nitrogen and oxygen atoms in total. The van der Waals surface area contributed by atoms with Crippen LogP contribution >= 0.6 is 0 Å². The quantitative estimate of drug-likeness (QED) is 0.640. The van der Waals surface area contributed by atoms with Crippen LogP contribution in [0.5, 0.6) is 0 Å². The molecule has 0 radical (unpaired) electrons. The lowest BCUT2D eigenvalue weighted by atomic mass is 10.3. The third-order valence-corrected chi connectivity index (χ3v) is 1.79. The Kier molecular flexibility index (Phi) is 5.13. The highest BCUT2D eigenvalue weighted by Crippen LogP contribution is 1.92. The van der Waals surface area contributed by atoms with Gasteiger partial charge < -0.3 is 10.4 Å². The number of nitrogens with zero attached hydrogens (tertiary/aromatic N) is 1. The largest absolute Gasteiger partial charge is 0.396 e. The van der Waals surface area contributed by atoms with Gasteiger partial charge in [-0.3, -0.25) is 4.98 Å². The molecule has 1 aromatic rings. The van der Waals surface area contributed by atoms with Gasteiger partial charge in [-0.05, 0) is 31.5 Å². The molecule has 0 aliphatic heterocycles. The lowest BCUT2D eigenvalue weighted by molar-refractivity contribution is 0.283. The zero-order valence-electron chi connectivity index (χ0n) is 7.74. The van der Waals surface area contributed by atoms with Crippen molar-refractivity contribution in [2.45, 2.75) is 19.4 Å². The van der Waals surface area contributed by atoms with Gasteiger partial charge in [0.1, 0.15) is 0 Å². The van der Waals surface area contributed by atoms with Crippen molar-refractivity contribution in [3.8, 4) is 0 Å². The second-order valence-electron chi connectivity index (χ2n) is 2.93. The fourth-order valence-electron chi connectivity index (χ4n) is 1.08. The Bertz CT molecular complexity index is 213. The highest BCUT2D eigenvalue weighted by molar-refractivity contribution is 5.02. The minimum atomic E-state index is 0.283. The Morgan fingerprint density at radius 2 is 2.23 bits per heavy atom. The summed E-state index contributed by atoms with van der Waals surface area (Å²) in [6.45, 7) is 2.04. The number of nitrogens with one attached hydrogen (secondary N) is 1. The normalized spacial score (nSPS) is 10.2. The fraction of sp³-hybridized carbons (Fsp3) is 0.500. The van der Waals surface area contributed by atoms with E-state index in [-0.39, 0.29) is 6.61 Å². The number of unbranched alkanes of at least 4 members (excludes halogenated alkanes) is 1. The van der Waals surface area contributed by atoms with Crippen molar-refractivity contribution >= 4 is 0 Å². The summed E-state index contributed by atoms with van der Waals surface area (Å²) >= 11 is 0. The fourth-order valence-corrected chi connectivity index (χ4v) is 1.08. The van der Waals surface area contributed by atoms with E-state index in [9.17, 15) is 0 Å².